The summed E-state index contributed by atoms with van der Waals surface area (Å²) in [5, 5.41) is 0. The van der Waals surface area contributed by atoms with Crippen molar-refractivity contribution in [2.75, 3.05) is 0 Å². The second-order valence-corrected chi connectivity index (χ2v) is 5.01. The number of carbonyl (C=O) groups excluding carboxylic acids is 1. The summed E-state index contributed by atoms with van der Waals surface area (Å²) < 4.78 is 13.0. The average molecular weight is 218 g/mol. The highest BCUT2D eigenvalue weighted by atomic mass is 19.1. The van der Waals surface area contributed by atoms with Crippen molar-refractivity contribution in [3.63, 3.8) is 0 Å². The van der Waals surface area contributed by atoms with Gasteiger partial charge in [-0.2, -0.15) is 0 Å². The minimum absolute atomic E-state index is 0.163. The molecule has 0 radical (unpaired) electrons. The summed E-state index contributed by atoms with van der Waals surface area (Å²) in [6, 6.07) is 6.10. The van der Waals surface area contributed by atoms with E-state index in [0.717, 1.165) is 0 Å². The van der Waals surface area contributed by atoms with E-state index < -0.39 is 0 Å². The minimum atomic E-state index is -0.311. The molecule has 0 amide bonds. The topological polar surface area (TPSA) is 17.1 Å². The van der Waals surface area contributed by atoms with Crippen molar-refractivity contribution in [2.45, 2.75) is 25.7 Å². The Hall–Kier alpha value is -1.18. The Morgan fingerprint density at radius 3 is 2.50 bits per heavy atom. The van der Waals surface area contributed by atoms with Crippen LogP contribution in [0.15, 0.2) is 24.3 Å². The fourth-order valence-electron chi connectivity index (χ4n) is 3.22. The maximum Gasteiger partial charge on any atom is 0.166 e. The van der Waals surface area contributed by atoms with Gasteiger partial charge in [-0.15, -0.1) is 0 Å². The van der Waals surface area contributed by atoms with Gasteiger partial charge in [-0.05, 0) is 36.8 Å². The van der Waals surface area contributed by atoms with Gasteiger partial charge in [-0.3, -0.25) is 4.79 Å². The van der Waals surface area contributed by atoms with Crippen LogP contribution in [0, 0.1) is 23.6 Å². The van der Waals surface area contributed by atoms with Crippen LogP contribution in [-0.2, 0) is 0 Å². The van der Waals surface area contributed by atoms with E-state index in [1.54, 1.807) is 12.1 Å². The molecule has 2 unspecified atom stereocenters. The Balaban J connectivity index is 1.79. The Labute approximate surface area is 94.7 Å². The Bertz CT molecular complexity index is 414. The van der Waals surface area contributed by atoms with Gasteiger partial charge in [0.1, 0.15) is 5.82 Å². The minimum Gasteiger partial charge on any atom is -0.294 e. The number of Topliss-reactive ketones (excluding diaryl/α,β-unsaturated/α-hetero) is 1. The summed E-state index contributed by atoms with van der Waals surface area (Å²) in [5.41, 5.74) is 0.555. The van der Waals surface area contributed by atoms with Crippen molar-refractivity contribution in [2.24, 2.45) is 17.8 Å². The number of ketones is 1. The maximum absolute atomic E-state index is 13.0. The molecule has 2 aliphatic rings. The van der Waals surface area contributed by atoms with Crippen molar-refractivity contribution in [3.8, 4) is 0 Å². The SMILES string of the molecule is O=C(c1cccc(F)c1)C1C2CCCCC21. The second kappa shape index (κ2) is 3.69. The first-order chi connectivity index (χ1) is 7.77. The van der Waals surface area contributed by atoms with Gasteiger partial charge in [-0.1, -0.05) is 25.0 Å². The summed E-state index contributed by atoms with van der Waals surface area (Å²) in [5.74, 6) is 1.25. The molecule has 3 rings (SSSR count). The first-order valence-corrected chi connectivity index (χ1v) is 6.07. The van der Waals surface area contributed by atoms with E-state index in [0.29, 0.717) is 17.4 Å². The van der Waals surface area contributed by atoms with Gasteiger partial charge in [0.05, 0.1) is 0 Å². The molecular weight excluding hydrogens is 203 g/mol. The van der Waals surface area contributed by atoms with Gasteiger partial charge < -0.3 is 0 Å². The highest BCUT2D eigenvalue weighted by Gasteiger charge is 2.54. The van der Waals surface area contributed by atoms with E-state index >= 15 is 0 Å². The Kier molecular flexibility index (Phi) is 2.31. The van der Waals surface area contributed by atoms with Gasteiger partial charge >= 0.3 is 0 Å². The summed E-state index contributed by atoms with van der Waals surface area (Å²) in [4.78, 5) is 12.2. The van der Waals surface area contributed by atoms with Crippen LogP contribution in [0.3, 0.4) is 0 Å². The lowest BCUT2D eigenvalue weighted by molar-refractivity contribution is 0.0956. The maximum atomic E-state index is 13.0. The van der Waals surface area contributed by atoms with E-state index in [1.165, 1.54) is 37.8 Å². The van der Waals surface area contributed by atoms with Crippen LogP contribution in [0.25, 0.3) is 0 Å². The summed E-state index contributed by atoms with van der Waals surface area (Å²) >= 11 is 0. The first-order valence-electron chi connectivity index (χ1n) is 6.07. The first kappa shape index (κ1) is 10.0. The van der Waals surface area contributed by atoms with Crippen LogP contribution >= 0.6 is 0 Å². The van der Waals surface area contributed by atoms with Crippen LogP contribution < -0.4 is 0 Å². The molecular formula is C14H15FO. The number of hydrogen-bond acceptors (Lipinski definition) is 1. The molecule has 0 aliphatic heterocycles. The molecule has 2 fully saturated rings. The van der Waals surface area contributed by atoms with E-state index in [4.69, 9.17) is 0 Å². The fraction of sp³-hybridized carbons (Fsp3) is 0.500. The number of hydrogen-bond donors (Lipinski definition) is 0. The van der Waals surface area contributed by atoms with E-state index in [-0.39, 0.29) is 17.5 Å². The number of carbonyl (C=O) groups is 1. The molecule has 0 saturated heterocycles. The molecule has 0 heterocycles. The van der Waals surface area contributed by atoms with E-state index in [2.05, 4.69) is 0 Å². The van der Waals surface area contributed by atoms with E-state index in [9.17, 15) is 9.18 Å². The average Bonchev–Trinajstić information content (AvgIpc) is 3.02. The molecule has 84 valence electrons. The van der Waals surface area contributed by atoms with Gasteiger partial charge in [0.25, 0.3) is 0 Å². The zero-order chi connectivity index (χ0) is 11.1. The van der Waals surface area contributed by atoms with Crippen LogP contribution in [-0.4, -0.2) is 5.78 Å². The fourth-order valence-corrected chi connectivity index (χ4v) is 3.22. The molecule has 0 bridgehead atoms. The smallest absolute Gasteiger partial charge is 0.166 e. The van der Waals surface area contributed by atoms with Crippen LogP contribution in [0.2, 0.25) is 0 Å². The molecule has 16 heavy (non-hydrogen) atoms. The van der Waals surface area contributed by atoms with Crippen LogP contribution in [0.1, 0.15) is 36.0 Å². The molecule has 2 heteroatoms. The third kappa shape index (κ3) is 1.57. The van der Waals surface area contributed by atoms with Crippen molar-refractivity contribution >= 4 is 5.78 Å². The summed E-state index contributed by atoms with van der Waals surface area (Å²) in [7, 11) is 0. The molecule has 1 nitrogen and oxygen atoms in total. The van der Waals surface area contributed by atoms with Gasteiger partial charge in [0.2, 0.25) is 0 Å². The number of benzene rings is 1. The zero-order valence-electron chi connectivity index (χ0n) is 9.16. The lowest BCUT2D eigenvalue weighted by atomic mass is 10.0. The molecule has 1 aromatic rings. The quantitative estimate of drug-likeness (QED) is 0.695. The Morgan fingerprint density at radius 1 is 1.19 bits per heavy atom. The van der Waals surface area contributed by atoms with E-state index in [1.807, 2.05) is 0 Å². The molecule has 1 aromatic carbocycles. The number of fused-ring (bicyclic) bond motifs is 1. The third-order valence-corrected chi connectivity index (χ3v) is 4.07. The van der Waals surface area contributed by atoms with Crippen LogP contribution in [0.5, 0.6) is 0 Å². The van der Waals surface area contributed by atoms with Gasteiger partial charge in [0.15, 0.2) is 5.78 Å². The number of halogens is 1. The summed E-state index contributed by atoms with van der Waals surface area (Å²) in [6.45, 7) is 0. The largest absolute Gasteiger partial charge is 0.294 e. The predicted molar refractivity (Wildman–Crippen MR) is 59.7 cm³/mol. The third-order valence-electron chi connectivity index (χ3n) is 4.07. The van der Waals surface area contributed by atoms with Gasteiger partial charge in [0, 0.05) is 11.5 Å². The normalized spacial score (nSPS) is 31.9. The molecule has 0 aromatic heterocycles. The molecule has 2 aliphatic carbocycles. The highest BCUT2D eigenvalue weighted by Crippen LogP contribution is 2.56. The van der Waals surface area contributed by atoms with Crippen molar-refractivity contribution in [1.29, 1.82) is 0 Å². The zero-order valence-corrected chi connectivity index (χ0v) is 9.16. The molecule has 0 spiro atoms. The van der Waals surface area contributed by atoms with Crippen LogP contribution in [0.4, 0.5) is 4.39 Å². The molecule has 0 N–H and O–H groups in total. The standard InChI is InChI=1S/C14H15FO/c15-10-5-3-4-9(8-10)14(16)13-11-6-1-2-7-12(11)13/h3-5,8,11-13H,1-2,6-7H2. The molecule has 2 saturated carbocycles. The monoisotopic (exact) mass is 218 g/mol. The molecule has 2 atom stereocenters. The highest BCUT2D eigenvalue weighted by molar-refractivity contribution is 6.00. The van der Waals surface area contributed by atoms with Crippen molar-refractivity contribution in [1.82, 2.24) is 0 Å². The Morgan fingerprint density at radius 2 is 1.88 bits per heavy atom. The second-order valence-electron chi connectivity index (χ2n) is 5.01. The van der Waals surface area contributed by atoms with Crippen molar-refractivity contribution in [3.05, 3.63) is 35.6 Å². The lowest BCUT2D eigenvalue weighted by Crippen LogP contribution is -2.04. The number of rotatable bonds is 2. The summed E-state index contributed by atoms with van der Waals surface area (Å²) in [6.07, 6.45) is 4.90. The predicted octanol–water partition coefficient (Wildman–Crippen LogP) is 3.44. The lowest BCUT2D eigenvalue weighted by Gasteiger charge is -2.04. The van der Waals surface area contributed by atoms with Gasteiger partial charge in [-0.25, -0.2) is 4.39 Å². The van der Waals surface area contributed by atoms with Crippen molar-refractivity contribution < 1.29 is 9.18 Å².